The van der Waals surface area contributed by atoms with Crippen LogP contribution in [0.3, 0.4) is 0 Å². The monoisotopic (exact) mass is 317 g/mol. The smallest absolute Gasteiger partial charge is 0.283 e. The molecule has 6 heteroatoms. The zero-order valence-corrected chi connectivity index (χ0v) is 12.5. The molecule has 0 atom stereocenters. The maximum atomic E-state index is 11.9. The van der Waals surface area contributed by atoms with E-state index in [1.54, 1.807) is 13.3 Å². The Morgan fingerprint density at radius 2 is 2.28 bits per heavy atom. The summed E-state index contributed by atoms with van der Waals surface area (Å²) in [4.78, 5) is 11.9. The van der Waals surface area contributed by atoms with Gasteiger partial charge in [-0.05, 0) is 35.2 Å². The molecule has 0 aliphatic heterocycles. The van der Waals surface area contributed by atoms with Crippen LogP contribution in [-0.4, -0.2) is 30.0 Å². The van der Waals surface area contributed by atoms with E-state index in [4.69, 9.17) is 4.74 Å². The third-order valence-corrected chi connectivity index (χ3v) is 3.28. The molecule has 1 aromatic rings. The minimum Gasteiger partial charge on any atom is -0.385 e. The quantitative estimate of drug-likeness (QED) is 0.747. The fraction of sp³-hybridized carbons (Fsp3) is 0.667. The number of ether oxygens (including phenoxy) is 1. The lowest BCUT2D eigenvalue weighted by Crippen LogP contribution is -2.24. The molecule has 0 spiro atoms. The van der Waals surface area contributed by atoms with Crippen LogP contribution in [0, 0.1) is 0 Å². The lowest BCUT2D eigenvalue weighted by Gasteiger charge is -2.09. The van der Waals surface area contributed by atoms with Gasteiger partial charge in [-0.25, -0.2) is 4.68 Å². The van der Waals surface area contributed by atoms with Crippen LogP contribution in [0.25, 0.3) is 0 Å². The fourth-order valence-electron chi connectivity index (χ4n) is 1.55. The molecule has 0 fully saturated rings. The third-order valence-electron chi connectivity index (χ3n) is 2.51. The standard InChI is InChI=1S/C12H20BrN3O2/c1-3-7-16-12(17)11(13)10(9-15-16)14-6-4-5-8-18-2/h9,14H,3-8H2,1-2H3. The van der Waals surface area contributed by atoms with Gasteiger partial charge in [0.1, 0.15) is 4.47 Å². The Bertz CT molecular complexity index is 420. The Balaban J connectivity index is 2.57. The molecule has 1 aromatic heterocycles. The molecule has 0 amide bonds. The van der Waals surface area contributed by atoms with Crippen molar-refractivity contribution in [2.45, 2.75) is 32.7 Å². The topological polar surface area (TPSA) is 56.1 Å². The highest BCUT2D eigenvalue weighted by Crippen LogP contribution is 2.16. The van der Waals surface area contributed by atoms with Gasteiger partial charge in [0, 0.05) is 26.8 Å². The van der Waals surface area contributed by atoms with Gasteiger partial charge in [0.15, 0.2) is 0 Å². The van der Waals surface area contributed by atoms with Gasteiger partial charge in [-0.1, -0.05) is 6.92 Å². The fourth-order valence-corrected chi connectivity index (χ4v) is 2.00. The van der Waals surface area contributed by atoms with E-state index in [1.165, 1.54) is 4.68 Å². The predicted molar refractivity (Wildman–Crippen MR) is 76.1 cm³/mol. The first kappa shape index (κ1) is 15.2. The number of nitrogens with one attached hydrogen (secondary N) is 1. The van der Waals surface area contributed by atoms with E-state index in [0.717, 1.165) is 38.1 Å². The first-order chi connectivity index (χ1) is 8.70. The lowest BCUT2D eigenvalue weighted by atomic mass is 10.3. The molecule has 0 radical (unpaired) electrons. The average molecular weight is 318 g/mol. The second-order valence-electron chi connectivity index (χ2n) is 4.03. The summed E-state index contributed by atoms with van der Waals surface area (Å²) in [7, 11) is 1.70. The van der Waals surface area contributed by atoms with Gasteiger partial charge in [0.05, 0.1) is 11.9 Å². The number of anilines is 1. The van der Waals surface area contributed by atoms with Crippen molar-refractivity contribution in [3.05, 3.63) is 21.0 Å². The highest BCUT2D eigenvalue weighted by atomic mass is 79.9. The summed E-state index contributed by atoms with van der Waals surface area (Å²) in [6.07, 6.45) is 4.58. The van der Waals surface area contributed by atoms with Crippen molar-refractivity contribution in [1.82, 2.24) is 9.78 Å². The van der Waals surface area contributed by atoms with Gasteiger partial charge in [-0.2, -0.15) is 5.10 Å². The second kappa shape index (κ2) is 8.26. The number of unbranched alkanes of at least 4 members (excludes halogenated alkanes) is 1. The predicted octanol–water partition coefficient (Wildman–Crippen LogP) is 2.25. The molecule has 1 rings (SSSR count). The molecule has 0 aromatic carbocycles. The average Bonchev–Trinajstić information content (AvgIpc) is 2.37. The van der Waals surface area contributed by atoms with Crippen LogP contribution in [0.1, 0.15) is 26.2 Å². The van der Waals surface area contributed by atoms with Crippen LogP contribution < -0.4 is 10.9 Å². The molecular weight excluding hydrogens is 298 g/mol. The Kier molecular flexibility index (Phi) is 6.97. The molecule has 1 heterocycles. The van der Waals surface area contributed by atoms with Gasteiger partial charge in [-0.3, -0.25) is 4.79 Å². The Morgan fingerprint density at radius 3 is 2.94 bits per heavy atom. The minimum absolute atomic E-state index is 0.0845. The molecule has 0 aliphatic rings. The Hall–Kier alpha value is -0.880. The van der Waals surface area contributed by atoms with Crippen LogP contribution in [0.5, 0.6) is 0 Å². The maximum absolute atomic E-state index is 11.9. The molecule has 102 valence electrons. The number of methoxy groups -OCH3 is 1. The molecule has 5 nitrogen and oxygen atoms in total. The number of halogens is 1. The molecular formula is C12H20BrN3O2. The number of hydrogen-bond acceptors (Lipinski definition) is 4. The van der Waals surface area contributed by atoms with Gasteiger partial charge in [0.2, 0.25) is 0 Å². The molecule has 18 heavy (non-hydrogen) atoms. The van der Waals surface area contributed by atoms with Crippen molar-refractivity contribution in [3.63, 3.8) is 0 Å². The van der Waals surface area contributed by atoms with E-state index in [1.807, 2.05) is 6.92 Å². The van der Waals surface area contributed by atoms with Crippen molar-refractivity contribution < 1.29 is 4.74 Å². The van der Waals surface area contributed by atoms with E-state index in [9.17, 15) is 4.79 Å². The van der Waals surface area contributed by atoms with E-state index in [2.05, 4.69) is 26.3 Å². The van der Waals surface area contributed by atoms with E-state index < -0.39 is 0 Å². The summed E-state index contributed by atoms with van der Waals surface area (Å²) >= 11 is 3.32. The summed E-state index contributed by atoms with van der Waals surface area (Å²) in [6.45, 7) is 4.23. The van der Waals surface area contributed by atoms with Crippen LogP contribution in [-0.2, 0) is 11.3 Å². The summed E-state index contributed by atoms with van der Waals surface area (Å²) in [5.41, 5.74) is 0.670. The van der Waals surface area contributed by atoms with Crippen molar-refractivity contribution in [2.75, 3.05) is 25.6 Å². The van der Waals surface area contributed by atoms with E-state index in [-0.39, 0.29) is 5.56 Å². The third kappa shape index (κ3) is 4.42. The van der Waals surface area contributed by atoms with Gasteiger partial charge in [0.25, 0.3) is 5.56 Å². The summed E-state index contributed by atoms with van der Waals surface area (Å²) in [5, 5.41) is 7.33. The summed E-state index contributed by atoms with van der Waals surface area (Å²) < 4.78 is 7.00. The lowest BCUT2D eigenvalue weighted by molar-refractivity contribution is 0.194. The van der Waals surface area contributed by atoms with Crippen molar-refractivity contribution >= 4 is 21.6 Å². The summed E-state index contributed by atoms with van der Waals surface area (Å²) in [6, 6.07) is 0. The molecule has 0 aliphatic carbocycles. The molecule has 0 saturated carbocycles. The number of hydrogen-bond donors (Lipinski definition) is 1. The summed E-state index contributed by atoms with van der Waals surface area (Å²) in [5.74, 6) is 0. The highest BCUT2D eigenvalue weighted by molar-refractivity contribution is 9.10. The van der Waals surface area contributed by atoms with E-state index >= 15 is 0 Å². The van der Waals surface area contributed by atoms with Gasteiger partial charge < -0.3 is 10.1 Å². The Labute approximate surface area is 116 Å². The Morgan fingerprint density at radius 1 is 1.50 bits per heavy atom. The van der Waals surface area contributed by atoms with Crippen molar-refractivity contribution in [2.24, 2.45) is 0 Å². The van der Waals surface area contributed by atoms with Crippen molar-refractivity contribution in [3.8, 4) is 0 Å². The molecule has 1 N–H and O–H groups in total. The normalized spacial score (nSPS) is 10.6. The largest absolute Gasteiger partial charge is 0.385 e. The SMILES string of the molecule is CCCn1ncc(NCCCCOC)c(Br)c1=O. The number of rotatable bonds is 8. The van der Waals surface area contributed by atoms with E-state index in [0.29, 0.717) is 11.0 Å². The van der Waals surface area contributed by atoms with Gasteiger partial charge >= 0.3 is 0 Å². The zero-order chi connectivity index (χ0) is 13.4. The van der Waals surface area contributed by atoms with Crippen LogP contribution in [0.4, 0.5) is 5.69 Å². The van der Waals surface area contributed by atoms with Crippen LogP contribution >= 0.6 is 15.9 Å². The second-order valence-corrected chi connectivity index (χ2v) is 4.82. The van der Waals surface area contributed by atoms with Crippen LogP contribution in [0.2, 0.25) is 0 Å². The number of nitrogens with zero attached hydrogens (tertiary/aromatic N) is 2. The van der Waals surface area contributed by atoms with Crippen molar-refractivity contribution in [1.29, 1.82) is 0 Å². The number of aryl methyl sites for hydroxylation is 1. The van der Waals surface area contributed by atoms with Crippen LogP contribution in [0.15, 0.2) is 15.5 Å². The maximum Gasteiger partial charge on any atom is 0.283 e. The van der Waals surface area contributed by atoms with Gasteiger partial charge in [-0.15, -0.1) is 0 Å². The number of aromatic nitrogens is 2. The minimum atomic E-state index is -0.0845. The molecule has 0 saturated heterocycles. The molecule has 0 bridgehead atoms. The first-order valence-corrected chi connectivity index (χ1v) is 6.98. The zero-order valence-electron chi connectivity index (χ0n) is 10.9. The molecule has 0 unspecified atom stereocenters. The highest BCUT2D eigenvalue weighted by Gasteiger charge is 2.07. The first-order valence-electron chi connectivity index (χ1n) is 6.19.